The van der Waals surface area contributed by atoms with Crippen molar-refractivity contribution < 1.29 is 18.7 Å². The molecule has 0 fully saturated rings. The number of ether oxygens (including phenoxy) is 2. The summed E-state index contributed by atoms with van der Waals surface area (Å²) < 4.78 is 16.1. The molecule has 0 unspecified atom stereocenters. The van der Waals surface area contributed by atoms with Gasteiger partial charge in [-0.25, -0.2) is 0 Å². The number of anilines is 1. The molecule has 0 radical (unpaired) electrons. The molecule has 0 spiro atoms. The van der Waals surface area contributed by atoms with E-state index in [-0.39, 0.29) is 11.7 Å². The number of benzene rings is 2. The fourth-order valence-corrected chi connectivity index (χ4v) is 3.19. The average molecular weight is 420 g/mol. The van der Waals surface area contributed by atoms with Gasteiger partial charge in [0.15, 0.2) is 11.5 Å². The van der Waals surface area contributed by atoms with Crippen LogP contribution in [0.5, 0.6) is 11.5 Å². The Hall–Kier alpha value is -2.71. The van der Waals surface area contributed by atoms with Crippen molar-refractivity contribution in [1.29, 1.82) is 0 Å². The molecule has 9 heteroatoms. The maximum absolute atomic E-state index is 12.0. The summed E-state index contributed by atoms with van der Waals surface area (Å²) in [6.45, 7) is 0. The lowest BCUT2D eigenvalue weighted by atomic mass is 10.1. The first kappa shape index (κ1) is 20.0. The predicted molar refractivity (Wildman–Crippen MR) is 107 cm³/mol. The second-order valence-corrected chi connectivity index (χ2v) is 7.04. The van der Waals surface area contributed by atoms with Crippen molar-refractivity contribution in [3.05, 3.63) is 58.9 Å². The first-order valence-electron chi connectivity index (χ1n) is 8.29. The van der Waals surface area contributed by atoms with Gasteiger partial charge < -0.3 is 19.2 Å². The third kappa shape index (κ3) is 5.40. The number of carbonyl (C=O) groups excluding carboxylic acids is 1. The number of nitrogens with one attached hydrogen (secondary N) is 1. The smallest absolute Gasteiger partial charge is 0.277 e. The number of aromatic nitrogens is 2. The molecule has 2 aromatic carbocycles. The highest BCUT2D eigenvalue weighted by atomic mass is 35.5. The Morgan fingerprint density at radius 2 is 1.96 bits per heavy atom. The molecule has 0 aliphatic heterocycles. The number of hydrogen-bond acceptors (Lipinski definition) is 7. The normalized spacial score (nSPS) is 10.5. The number of carbonyl (C=O) groups is 1. The molecule has 28 heavy (non-hydrogen) atoms. The lowest BCUT2D eigenvalue weighted by Gasteiger charge is -2.08. The zero-order chi connectivity index (χ0) is 19.9. The Bertz CT molecular complexity index is 964. The molecule has 3 rings (SSSR count). The van der Waals surface area contributed by atoms with E-state index in [1.54, 1.807) is 38.5 Å². The maximum Gasteiger partial charge on any atom is 0.277 e. The first-order chi connectivity index (χ1) is 13.6. The zero-order valence-corrected chi connectivity index (χ0v) is 16.8. The highest BCUT2D eigenvalue weighted by molar-refractivity contribution is 7.99. The molecule has 1 N–H and O–H groups in total. The van der Waals surface area contributed by atoms with E-state index in [2.05, 4.69) is 15.5 Å². The minimum absolute atomic E-state index is 0.143. The highest BCUT2D eigenvalue weighted by Crippen LogP contribution is 2.28. The molecule has 0 atom stereocenters. The summed E-state index contributed by atoms with van der Waals surface area (Å²) >= 11 is 7.07. The summed E-state index contributed by atoms with van der Waals surface area (Å²) in [5.74, 6) is 1.69. The molecule has 1 aromatic heterocycles. The van der Waals surface area contributed by atoms with Gasteiger partial charge in [0, 0.05) is 10.7 Å². The second-order valence-electron chi connectivity index (χ2n) is 5.68. The largest absolute Gasteiger partial charge is 0.493 e. The number of amides is 1. The van der Waals surface area contributed by atoms with E-state index in [0.717, 1.165) is 5.56 Å². The van der Waals surface area contributed by atoms with E-state index in [4.69, 9.17) is 25.5 Å². The third-order valence-electron chi connectivity index (χ3n) is 3.69. The van der Waals surface area contributed by atoms with E-state index in [0.29, 0.717) is 39.7 Å². The minimum Gasteiger partial charge on any atom is -0.493 e. The lowest BCUT2D eigenvalue weighted by Crippen LogP contribution is -2.13. The summed E-state index contributed by atoms with van der Waals surface area (Å²) in [6.07, 6.45) is 0.447. The molecule has 146 valence electrons. The summed E-state index contributed by atoms with van der Waals surface area (Å²) in [5, 5.41) is 11.6. The maximum atomic E-state index is 12.0. The summed E-state index contributed by atoms with van der Waals surface area (Å²) in [6, 6.07) is 12.5. The van der Waals surface area contributed by atoms with Crippen LogP contribution in [0, 0.1) is 0 Å². The Balaban J connectivity index is 1.55. The number of halogens is 1. The fraction of sp³-hybridized carbons (Fsp3) is 0.211. The van der Waals surface area contributed by atoms with Crippen molar-refractivity contribution >= 4 is 35.0 Å². The first-order valence-corrected chi connectivity index (χ1v) is 9.65. The van der Waals surface area contributed by atoms with Crippen molar-refractivity contribution in [1.82, 2.24) is 10.2 Å². The number of methoxy groups -OCH3 is 2. The van der Waals surface area contributed by atoms with Gasteiger partial charge in [-0.2, -0.15) is 0 Å². The van der Waals surface area contributed by atoms with Gasteiger partial charge in [0.05, 0.1) is 26.4 Å². The summed E-state index contributed by atoms with van der Waals surface area (Å²) in [4.78, 5) is 12.0. The Morgan fingerprint density at radius 3 is 2.71 bits per heavy atom. The SMILES string of the molecule is COc1ccc(Cc2nnc(SCC(=O)Nc3cccc(Cl)c3)o2)cc1OC. The summed E-state index contributed by atoms with van der Waals surface area (Å²) in [5.41, 5.74) is 1.58. The molecule has 3 aromatic rings. The molecule has 1 amide bonds. The van der Waals surface area contributed by atoms with Crippen molar-refractivity contribution in [3.8, 4) is 11.5 Å². The Labute approximate surface area is 171 Å². The van der Waals surface area contributed by atoms with Crippen LogP contribution in [0.4, 0.5) is 5.69 Å². The van der Waals surface area contributed by atoms with Crippen LogP contribution in [0.25, 0.3) is 0 Å². The highest BCUT2D eigenvalue weighted by Gasteiger charge is 2.12. The van der Waals surface area contributed by atoms with Gasteiger partial charge in [0.2, 0.25) is 11.8 Å². The van der Waals surface area contributed by atoms with Crippen LogP contribution in [0.2, 0.25) is 5.02 Å². The standard InChI is InChI=1S/C19H18ClN3O4S/c1-25-15-7-6-12(8-16(15)26-2)9-18-22-23-19(27-18)28-11-17(24)21-14-5-3-4-13(20)10-14/h3-8,10H,9,11H2,1-2H3,(H,21,24). The molecule has 0 bridgehead atoms. The molecule has 0 aliphatic carbocycles. The van der Waals surface area contributed by atoms with Gasteiger partial charge in [-0.3, -0.25) is 4.79 Å². The molecule has 7 nitrogen and oxygen atoms in total. The van der Waals surface area contributed by atoms with Crippen molar-refractivity contribution in [2.24, 2.45) is 0 Å². The molecular formula is C19H18ClN3O4S. The molecule has 0 saturated heterocycles. The fourth-order valence-electron chi connectivity index (χ4n) is 2.42. The molecule has 0 aliphatic rings. The van der Waals surface area contributed by atoms with Crippen LogP contribution in [0.15, 0.2) is 52.1 Å². The van der Waals surface area contributed by atoms with Crippen LogP contribution in [-0.4, -0.2) is 36.1 Å². The monoisotopic (exact) mass is 419 g/mol. The van der Waals surface area contributed by atoms with Gasteiger partial charge >= 0.3 is 0 Å². The van der Waals surface area contributed by atoms with E-state index in [1.165, 1.54) is 11.8 Å². The van der Waals surface area contributed by atoms with E-state index in [9.17, 15) is 4.79 Å². The zero-order valence-electron chi connectivity index (χ0n) is 15.3. The van der Waals surface area contributed by atoms with Crippen molar-refractivity contribution in [3.63, 3.8) is 0 Å². The molecule has 1 heterocycles. The van der Waals surface area contributed by atoms with Gasteiger partial charge in [-0.05, 0) is 35.9 Å². The minimum atomic E-state index is -0.188. The van der Waals surface area contributed by atoms with Crippen LogP contribution >= 0.6 is 23.4 Å². The number of thioether (sulfide) groups is 1. The molecule has 0 saturated carbocycles. The van der Waals surface area contributed by atoms with E-state index < -0.39 is 0 Å². The summed E-state index contributed by atoms with van der Waals surface area (Å²) in [7, 11) is 3.17. The number of rotatable bonds is 8. The van der Waals surface area contributed by atoms with Crippen LogP contribution < -0.4 is 14.8 Å². The second kappa shape index (κ2) is 9.48. The van der Waals surface area contributed by atoms with Gasteiger partial charge in [0.1, 0.15) is 0 Å². The van der Waals surface area contributed by atoms with Gasteiger partial charge in [-0.1, -0.05) is 35.5 Å². The number of hydrogen-bond donors (Lipinski definition) is 1. The van der Waals surface area contributed by atoms with Crippen LogP contribution in [0.1, 0.15) is 11.5 Å². The lowest BCUT2D eigenvalue weighted by molar-refractivity contribution is -0.113. The number of nitrogens with zero attached hydrogens (tertiary/aromatic N) is 2. The molecular weight excluding hydrogens is 402 g/mol. The Kier molecular flexibility index (Phi) is 6.78. The van der Waals surface area contributed by atoms with Crippen LogP contribution in [0.3, 0.4) is 0 Å². The predicted octanol–water partition coefficient (Wildman–Crippen LogP) is 4.06. The van der Waals surface area contributed by atoms with E-state index in [1.807, 2.05) is 18.2 Å². The van der Waals surface area contributed by atoms with Gasteiger partial charge in [0.25, 0.3) is 5.22 Å². The quantitative estimate of drug-likeness (QED) is 0.551. The van der Waals surface area contributed by atoms with E-state index >= 15 is 0 Å². The average Bonchev–Trinajstić information content (AvgIpc) is 3.13. The van der Waals surface area contributed by atoms with Crippen molar-refractivity contribution in [2.45, 2.75) is 11.6 Å². The third-order valence-corrected chi connectivity index (χ3v) is 4.74. The van der Waals surface area contributed by atoms with Crippen molar-refractivity contribution in [2.75, 3.05) is 25.3 Å². The van der Waals surface area contributed by atoms with Crippen LogP contribution in [-0.2, 0) is 11.2 Å². The van der Waals surface area contributed by atoms with Gasteiger partial charge in [-0.15, -0.1) is 10.2 Å². The Morgan fingerprint density at radius 1 is 1.14 bits per heavy atom. The topological polar surface area (TPSA) is 86.5 Å².